The standard InChI is InChI=1S/C20H29NO4/c1-15(12-13-21(24)18(23)25-19(3,4)5)20(6,16(2)22)14-17-10-8-7-9-11-17/h7-12,24H,13-14H2,1-6H3/b15-12+/t20-/m1/s1. The van der Waals surface area contributed by atoms with E-state index in [1.807, 2.05) is 44.2 Å². The summed E-state index contributed by atoms with van der Waals surface area (Å²) in [6.07, 6.45) is 1.43. The van der Waals surface area contributed by atoms with E-state index in [9.17, 15) is 14.8 Å². The van der Waals surface area contributed by atoms with Crippen LogP contribution in [0.2, 0.25) is 0 Å². The van der Waals surface area contributed by atoms with Crippen LogP contribution in [0.25, 0.3) is 0 Å². The van der Waals surface area contributed by atoms with Gasteiger partial charge in [-0.1, -0.05) is 42.0 Å². The number of hydrogen-bond donors (Lipinski definition) is 1. The van der Waals surface area contributed by atoms with Crippen LogP contribution in [0.5, 0.6) is 0 Å². The van der Waals surface area contributed by atoms with Crippen molar-refractivity contribution in [2.45, 2.75) is 53.6 Å². The number of hydroxylamine groups is 2. The first-order valence-electron chi connectivity index (χ1n) is 8.37. The summed E-state index contributed by atoms with van der Waals surface area (Å²) >= 11 is 0. The van der Waals surface area contributed by atoms with Crippen LogP contribution in [0.3, 0.4) is 0 Å². The minimum Gasteiger partial charge on any atom is -0.442 e. The van der Waals surface area contributed by atoms with E-state index in [0.29, 0.717) is 11.5 Å². The first-order valence-corrected chi connectivity index (χ1v) is 8.37. The molecule has 1 amide bonds. The van der Waals surface area contributed by atoms with E-state index in [4.69, 9.17) is 4.74 Å². The third-order valence-corrected chi connectivity index (χ3v) is 4.22. The van der Waals surface area contributed by atoms with Gasteiger partial charge >= 0.3 is 6.09 Å². The Bertz CT molecular complexity index is 631. The lowest BCUT2D eigenvalue weighted by atomic mass is 9.74. The average molecular weight is 347 g/mol. The fourth-order valence-corrected chi connectivity index (χ4v) is 2.38. The van der Waals surface area contributed by atoms with E-state index in [-0.39, 0.29) is 12.3 Å². The third kappa shape index (κ3) is 6.35. The smallest absolute Gasteiger partial charge is 0.434 e. The van der Waals surface area contributed by atoms with Crippen LogP contribution in [0, 0.1) is 5.41 Å². The average Bonchev–Trinajstić information content (AvgIpc) is 2.51. The Morgan fingerprint density at radius 1 is 1.12 bits per heavy atom. The molecule has 0 bridgehead atoms. The van der Waals surface area contributed by atoms with E-state index in [1.165, 1.54) is 0 Å². The molecule has 1 aromatic rings. The Hall–Kier alpha value is -2.14. The van der Waals surface area contributed by atoms with Crippen molar-refractivity contribution in [3.63, 3.8) is 0 Å². The van der Waals surface area contributed by atoms with Gasteiger partial charge in [0.1, 0.15) is 11.4 Å². The maximum absolute atomic E-state index is 12.3. The van der Waals surface area contributed by atoms with Crippen LogP contribution in [0.15, 0.2) is 42.0 Å². The second-order valence-electron chi connectivity index (χ2n) is 7.50. The fourth-order valence-electron chi connectivity index (χ4n) is 2.38. The zero-order valence-electron chi connectivity index (χ0n) is 16.0. The number of benzene rings is 1. The van der Waals surface area contributed by atoms with Crippen LogP contribution in [0.1, 0.15) is 47.1 Å². The van der Waals surface area contributed by atoms with Crippen molar-refractivity contribution in [2.75, 3.05) is 6.54 Å². The Labute approximate surface area is 150 Å². The maximum atomic E-state index is 12.3. The molecule has 0 heterocycles. The van der Waals surface area contributed by atoms with Gasteiger partial charge in [0.15, 0.2) is 0 Å². The molecule has 1 rings (SSSR count). The molecule has 0 radical (unpaired) electrons. The van der Waals surface area contributed by atoms with Crippen LogP contribution in [-0.4, -0.2) is 34.3 Å². The normalized spacial score (nSPS) is 14.6. The predicted octanol–water partition coefficient (Wildman–Crippen LogP) is 4.40. The van der Waals surface area contributed by atoms with Crippen LogP contribution >= 0.6 is 0 Å². The molecule has 0 fully saturated rings. The maximum Gasteiger partial charge on any atom is 0.434 e. The molecule has 0 aliphatic carbocycles. The topological polar surface area (TPSA) is 66.8 Å². The molecule has 0 aromatic heterocycles. The second kappa shape index (κ2) is 8.30. The van der Waals surface area contributed by atoms with Gasteiger partial charge in [0.2, 0.25) is 0 Å². The summed E-state index contributed by atoms with van der Waals surface area (Å²) in [4.78, 5) is 24.1. The van der Waals surface area contributed by atoms with Crippen LogP contribution in [-0.2, 0) is 16.0 Å². The molecule has 1 aromatic carbocycles. The highest BCUT2D eigenvalue weighted by Crippen LogP contribution is 2.32. The first-order chi connectivity index (χ1) is 11.5. The molecule has 0 saturated heterocycles. The minimum atomic E-state index is -0.816. The zero-order chi connectivity index (χ0) is 19.3. The van der Waals surface area contributed by atoms with E-state index < -0.39 is 17.1 Å². The van der Waals surface area contributed by atoms with Gasteiger partial charge in [-0.2, -0.15) is 5.06 Å². The number of ether oxygens (including phenoxy) is 1. The largest absolute Gasteiger partial charge is 0.442 e. The second-order valence-corrected chi connectivity index (χ2v) is 7.50. The Morgan fingerprint density at radius 3 is 2.16 bits per heavy atom. The molecule has 1 N–H and O–H groups in total. The molecular weight excluding hydrogens is 318 g/mol. The number of allylic oxidation sites excluding steroid dienone is 1. The van der Waals surface area contributed by atoms with E-state index in [1.54, 1.807) is 33.8 Å². The summed E-state index contributed by atoms with van der Waals surface area (Å²) in [6, 6.07) is 9.77. The van der Waals surface area contributed by atoms with Crippen molar-refractivity contribution in [3.05, 3.63) is 47.5 Å². The number of ketones is 1. The summed E-state index contributed by atoms with van der Waals surface area (Å²) in [7, 11) is 0. The van der Waals surface area contributed by atoms with E-state index >= 15 is 0 Å². The van der Waals surface area contributed by atoms with E-state index in [0.717, 1.165) is 11.1 Å². The number of carbonyl (C=O) groups is 2. The van der Waals surface area contributed by atoms with Crippen molar-refractivity contribution in [3.8, 4) is 0 Å². The molecule has 25 heavy (non-hydrogen) atoms. The minimum absolute atomic E-state index is 0.0341. The fraction of sp³-hybridized carbons (Fsp3) is 0.500. The Morgan fingerprint density at radius 2 is 1.68 bits per heavy atom. The zero-order valence-corrected chi connectivity index (χ0v) is 16.0. The lowest BCUT2D eigenvalue weighted by Gasteiger charge is -2.29. The molecule has 0 saturated carbocycles. The first kappa shape index (κ1) is 20.9. The monoisotopic (exact) mass is 347 g/mol. The molecule has 0 unspecified atom stereocenters. The highest BCUT2D eigenvalue weighted by molar-refractivity contribution is 5.85. The molecule has 138 valence electrons. The van der Waals surface area contributed by atoms with Gasteiger partial charge in [0.05, 0.1) is 12.0 Å². The predicted molar refractivity (Wildman–Crippen MR) is 97.4 cm³/mol. The number of carbonyl (C=O) groups excluding carboxylic acids is 2. The van der Waals surface area contributed by atoms with Gasteiger partial charge in [-0.05, 0) is 53.5 Å². The highest BCUT2D eigenvalue weighted by Gasteiger charge is 2.32. The number of amides is 1. The molecule has 5 nitrogen and oxygen atoms in total. The molecule has 0 aliphatic rings. The van der Waals surface area contributed by atoms with Crippen molar-refractivity contribution >= 4 is 11.9 Å². The summed E-state index contributed by atoms with van der Waals surface area (Å²) in [5.41, 5.74) is 0.473. The lowest BCUT2D eigenvalue weighted by molar-refractivity contribution is -0.123. The van der Waals surface area contributed by atoms with Gasteiger partial charge in [-0.15, -0.1) is 0 Å². The molecular formula is C20H29NO4. The molecule has 0 aliphatic heterocycles. The van der Waals surface area contributed by atoms with Gasteiger partial charge < -0.3 is 4.74 Å². The molecule has 5 heteroatoms. The Balaban J connectivity index is 2.88. The summed E-state index contributed by atoms with van der Waals surface area (Å²) < 4.78 is 5.10. The number of hydrogen-bond acceptors (Lipinski definition) is 4. The van der Waals surface area contributed by atoms with Crippen LogP contribution in [0.4, 0.5) is 4.79 Å². The summed E-state index contributed by atoms with van der Waals surface area (Å²) in [5.74, 6) is 0.0341. The van der Waals surface area contributed by atoms with Crippen molar-refractivity contribution in [2.24, 2.45) is 5.41 Å². The number of nitrogens with zero attached hydrogens (tertiary/aromatic N) is 1. The van der Waals surface area contributed by atoms with Crippen molar-refractivity contribution in [1.29, 1.82) is 0 Å². The number of Topliss-reactive ketones (excluding diaryl/α,β-unsaturated/α-hetero) is 1. The van der Waals surface area contributed by atoms with E-state index in [2.05, 4.69) is 0 Å². The Kier molecular flexibility index (Phi) is 6.94. The van der Waals surface area contributed by atoms with Crippen LogP contribution < -0.4 is 0 Å². The van der Waals surface area contributed by atoms with Gasteiger partial charge in [0.25, 0.3) is 0 Å². The summed E-state index contributed by atoms with van der Waals surface area (Å²) in [5, 5.41) is 10.4. The lowest BCUT2D eigenvalue weighted by Crippen LogP contribution is -2.35. The third-order valence-electron chi connectivity index (χ3n) is 4.22. The SMILES string of the molecule is CC(=O)[C@](C)(Cc1ccccc1)/C(C)=C/CN(O)C(=O)OC(C)(C)C. The van der Waals surface area contributed by atoms with Crippen molar-refractivity contribution in [1.82, 2.24) is 5.06 Å². The molecule has 1 atom stereocenters. The van der Waals surface area contributed by atoms with Gasteiger partial charge in [-0.3, -0.25) is 10.0 Å². The molecule has 0 spiro atoms. The van der Waals surface area contributed by atoms with Gasteiger partial charge in [0, 0.05) is 0 Å². The highest BCUT2D eigenvalue weighted by atomic mass is 16.6. The van der Waals surface area contributed by atoms with Gasteiger partial charge in [-0.25, -0.2) is 4.79 Å². The summed E-state index contributed by atoms with van der Waals surface area (Å²) in [6.45, 7) is 10.4. The van der Waals surface area contributed by atoms with Crippen molar-refractivity contribution < 1.29 is 19.5 Å². The number of rotatable bonds is 6. The quantitative estimate of drug-likeness (QED) is 0.470.